The molecule has 0 saturated carbocycles. The summed E-state index contributed by atoms with van der Waals surface area (Å²) in [6.07, 6.45) is 1.22. The normalized spacial score (nSPS) is 22.7. The zero-order chi connectivity index (χ0) is 27.0. The number of hydrogen-bond acceptors (Lipinski definition) is 10. The Morgan fingerprint density at radius 3 is 2.76 bits per heavy atom. The van der Waals surface area contributed by atoms with Crippen molar-refractivity contribution in [3.63, 3.8) is 0 Å². The van der Waals surface area contributed by atoms with Crippen LogP contribution < -0.4 is 15.8 Å². The van der Waals surface area contributed by atoms with E-state index in [0.29, 0.717) is 22.8 Å². The predicted molar refractivity (Wildman–Crippen MR) is 131 cm³/mol. The highest BCUT2D eigenvalue weighted by molar-refractivity contribution is 8.15. The van der Waals surface area contributed by atoms with E-state index in [0.717, 1.165) is 0 Å². The number of nitrogens with one attached hydrogen (secondary N) is 1. The summed E-state index contributed by atoms with van der Waals surface area (Å²) in [5, 5.41) is 12.8. The molecule has 0 bridgehead atoms. The fourth-order valence-electron chi connectivity index (χ4n) is 4.15. The maximum Gasteiger partial charge on any atom is 0.415 e. The number of pyridine rings is 2. The number of amidine groups is 1. The van der Waals surface area contributed by atoms with Crippen molar-refractivity contribution in [1.29, 1.82) is 0 Å². The maximum absolute atomic E-state index is 14.9. The van der Waals surface area contributed by atoms with Crippen LogP contribution in [0.1, 0.15) is 25.8 Å². The van der Waals surface area contributed by atoms with Crippen molar-refractivity contribution in [3.8, 4) is 18.2 Å². The standard InChI is InChI=1S/C23H21F4N7O2S/c1-4-7-36-15-10-30-16-14(33-15)5-6-29-18(16)32-12-8-13(17(24)31-9-12)21(2)11-22(3,37-20(28)34-21)19(35)23(25,26)27/h1,5-6,8-10,19,35H,7,11H2,2-3H3,(H2,28,34)(H,29,32)/t19-,21+,22-/m1/s1. The summed E-state index contributed by atoms with van der Waals surface area (Å²) in [5.74, 6) is 1.87. The van der Waals surface area contributed by atoms with E-state index in [9.17, 15) is 22.7 Å². The Morgan fingerprint density at radius 2 is 2.05 bits per heavy atom. The summed E-state index contributed by atoms with van der Waals surface area (Å²) in [4.78, 5) is 20.8. The van der Waals surface area contributed by atoms with Crippen LogP contribution in [0.3, 0.4) is 0 Å². The third-order valence-electron chi connectivity index (χ3n) is 5.70. The van der Waals surface area contributed by atoms with Gasteiger partial charge in [0, 0.05) is 11.8 Å². The Morgan fingerprint density at radius 1 is 1.30 bits per heavy atom. The number of fused-ring (bicyclic) bond motifs is 1. The van der Waals surface area contributed by atoms with Gasteiger partial charge in [-0.1, -0.05) is 17.7 Å². The second-order valence-electron chi connectivity index (χ2n) is 8.68. The molecule has 3 aromatic heterocycles. The molecule has 4 rings (SSSR count). The minimum Gasteiger partial charge on any atom is -0.463 e. The summed E-state index contributed by atoms with van der Waals surface area (Å²) in [6, 6.07) is 2.96. The average molecular weight is 536 g/mol. The van der Waals surface area contributed by atoms with Crippen molar-refractivity contribution in [3.05, 3.63) is 42.2 Å². The summed E-state index contributed by atoms with van der Waals surface area (Å²) < 4.78 is 58.6. The molecule has 0 amide bonds. The van der Waals surface area contributed by atoms with Gasteiger partial charge in [0.05, 0.1) is 33.9 Å². The van der Waals surface area contributed by atoms with E-state index in [1.807, 2.05) is 0 Å². The number of aliphatic imine (C=N–C) groups is 1. The number of rotatable bonds is 6. The molecule has 0 unspecified atom stereocenters. The topological polar surface area (TPSA) is 131 Å². The summed E-state index contributed by atoms with van der Waals surface area (Å²) in [5.41, 5.74) is 5.25. The molecule has 194 valence electrons. The van der Waals surface area contributed by atoms with Crippen molar-refractivity contribution in [2.45, 2.75) is 42.8 Å². The summed E-state index contributed by atoms with van der Waals surface area (Å²) >= 11 is 0.594. The van der Waals surface area contributed by atoms with E-state index in [-0.39, 0.29) is 41.1 Å². The Kier molecular flexibility index (Phi) is 6.87. The highest BCUT2D eigenvalue weighted by Gasteiger charge is 2.56. The molecule has 0 saturated heterocycles. The lowest BCUT2D eigenvalue weighted by Gasteiger charge is -2.43. The third kappa shape index (κ3) is 5.37. The molecule has 3 aromatic rings. The van der Waals surface area contributed by atoms with Crippen LogP contribution in [0.15, 0.2) is 35.7 Å². The van der Waals surface area contributed by atoms with Gasteiger partial charge in [-0.3, -0.25) is 4.99 Å². The smallest absolute Gasteiger partial charge is 0.415 e. The quantitative estimate of drug-likeness (QED) is 0.246. The van der Waals surface area contributed by atoms with E-state index >= 15 is 0 Å². The zero-order valence-corrected chi connectivity index (χ0v) is 20.4. The Hall–Kier alpha value is -3.70. The van der Waals surface area contributed by atoms with Crippen LogP contribution in [-0.2, 0) is 5.54 Å². The summed E-state index contributed by atoms with van der Waals surface area (Å²) in [6.45, 7) is 2.66. The lowest BCUT2D eigenvalue weighted by Crippen LogP contribution is -2.53. The van der Waals surface area contributed by atoms with E-state index in [2.05, 4.69) is 36.2 Å². The number of hydrogen-bond donors (Lipinski definition) is 3. The van der Waals surface area contributed by atoms with Crippen LogP contribution in [-0.4, -0.2) is 53.8 Å². The van der Waals surface area contributed by atoms with E-state index in [1.165, 1.54) is 38.5 Å². The van der Waals surface area contributed by atoms with Gasteiger partial charge in [-0.2, -0.15) is 17.6 Å². The lowest BCUT2D eigenvalue weighted by molar-refractivity contribution is -0.213. The van der Waals surface area contributed by atoms with Crippen molar-refractivity contribution >= 4 is 39.5 Å². The fourth-order valence-corrected chi connectivity index (χ4v) is 5.48. The van der Waals surface area contributed by atoms with E-state index in [4.69, 9.17) is 16.9 Å². The highest BCUT2D eigenvalue weighted by atomic mass is 32.2. The molecular weight excluding hydrogens is 514 g/mol. The van der Waals surface area contributed by atoms with Gasteiger partial charge >= 0.3 is 6.18 Å². The number of ether oxygens (including phenoxy) is 1. The Labute approximate surface area is 213 Å². The van der Waals surface area contributed by atoms with E-state index < -0.39 is 28.5 Å². The number of nitrogens with zero attached hydrogens (tertiary/aromatic N) is 5. The van der Waals surface area contributed by atoms with Crippen molar-refractivity contribution in [2.24, 2.45) is 10.7 Å². The number of nitrogens with two attached hydrogens (primary N) is 1. The average Bonchev–Trinajstić information content (AvgIpc) is 2.82. The maximum atomic E-state index is 14.9. The molecule has 9 nitrogen and oxygen atoms in total. The molecular formula is C23H21F4N7O2S. The van der Waals surface area contributed by atoms with Crippen LogP contribution in [0.5, 0.6) is 5.88 Å². The molecule has 1 aliphatic heterocycles. The molecule has 1 aliphatic rings. The molecule has 3 atom stereocenters. The second kappa shape index (κ2) is 9.64. The van der Waals surface area contributed by atoms with Crippen LogP contribution in [0.4, 0.5) is 29.1 Å². The Balaban J connectivity index is 1.69. The first-order chi connectivity index (χ1) is 17.3. The number of aliphatic hydroxyl groups is 1. The number of anilines is 2. The number of aliphatic hydroxyl groups excluding tert-OH is 1. The predicted octanol–water partition coefficient (Wildman–Crippen LogP) is 3.66. The first-order valence-corrected chi connectivity index (χ1v) is 11.6. The molecule has 0 radical (unpaired) electrons. The molecule has 0 spiro atoms. The monoisotopic (exact) mass is 535 g/mol. The van der Waals surface area contributed by atoms with Crippen LogP contribution in [0.2, 0.25) is 0 Å². The molecule has 0 aliphatic carbocycles. The highest BCUT2D eigenvalue weighted by Crippen LogP contribution is 2.50. The zero-order valence-electron chi connectivity index (χ0n) is 19.5. The van der Waals surface area contributed by atoms with Gasteiger partial charge in [-0.25, -0.2) is 19.9 Å². The minimum atomic E-state index is -4.91. The van der Waals surface area contributed by atoms with E-state index in [1.54, 1.807) is 6.07 Å². The van der Waals surface area contributed by atoms with Crippen LogP contribution in [0.25, 0.3) is 11.0 Å². The number of terminal acetylenes is 1. The van der Waals surface area contributed by atoms with Gasteiger partial charge < -0.3 is 20.9 Å². The van der Waals surface area contributed by atoms with Crippen molar-refractivity contribution < 1.29 is 27.4 Å². The third-order valence-corrected chi connectivity index (χ3v) is 6.84. The number of aromatic nitrogens is 4. The first-order valence-electron chi connectivity index (χ1n) is 10.7. The molecule has 4 heterocycles. The van der Waals surface area contributed by atoms with Gasteiger partial charge in [0.1, 0.15) is 5.52 Å². The summed E-state index contributed by atoms with van der Waals surface area (Å²) in [7, 11) is 0. The van der Waals surface area contributed by atoms with Gasteiger partial charge in [0.25, 0.3) is 0 Å². The lowest BCUT2D eigenvalue weighted by atomic mass is 9.81. The molecule has 0 fully saturated rings. The van der Waals surface area contributed by atoms with Gasteiger partial charge in [-0.15, -0.1) is 6.42 Å². The molecule has 0 aromatic carbocycles. The SMILES string of the molecule is C#CCOc1cnc2c(Nc3cnc(F)c([C@]4(C)C[C@](C)([C@@H](O)C(F)(F)F)SC(N)=N4)c3)nccc2n1. The minimum absolute atomic E-state index is 0.0176. The Bertz CT molecular complexity index is 1410. The number of alkyl halides is 3. The molecule has 37 heavy (non-hydrogen) atoms. The van der Waals surface area contributed by atoms with Crippen molar-refractivity contribution in [1.82, 2.24) is 19.9 Å². The number of thioether (sulfide) groups is 1. The molecule has 4 N–H and O–H groups in total. The first kappa shape index (κ1) is 26.4. The van der Waals surface area contributed by atoms with Gasteiger partial charge in [-0.05, 0) is 32.4 Å². The van der Waals surface area contributed by atoms with Crippen LogP contribution >= 0.6 is 11.8 Å². The number of halogens is 4. The second-order valence-corrected chi connectivity index (χ2v) is 10.2. The van der Waals surface area contributed by atoms with Gasteiger partial charge in [0.2, 0.25) is 11.8 Å². The van der Waals surface area contributed by atoms with Crippen LogP contribution in [0, 0.1) is 18.3 Å². The van der Waals surface area contributed by atoms with Crippen molar-refractivity contribution in [2.75, 3.05) is 11.9 Å². The van der Waals surface area contributed by atoms with Gasteiger partial charge in [0.15, 0.2) is 23.7 Å². The largest absolute Gasteiger partial charge is 0.463 e. The fraction of sp³-hybridized carbons (Fsp3) is 0.348. The molecule has 14 heteroatoms.